The van der Waals surface area contributed by atoms with Crippen molar-refractivity contribution in [1.29, 1.82) is 0 Å². The van der Waals surface area contributed by atoms with Crippen LogP contribution in [0.3, 0.4) is 0 Å². The minimum absolute atomic E-state index is 0.0926. The molecule has 3 aromatic rings. The summed E-state index contributed by atoms with van der Waals surface area (Å²) < 4.78 is 45.9. The number of nitrogens with zero attached hydrogens (tertiary/aromatic N) is 2. The fraction of sp³-hybridized carbons (Fsp3) is 0.0588. The highest BCUT2D eigenvalue weighted by atomic mass is 35.5. The highest BCUT2D eigenvalue weighted by Crippen LogP contribution is 2.37. The van der Waals surface area contributed by atoms with Crippen LogP contribution in [0, 0.1) is 0 Å². The number of phenols is 1. The predicted molar refractivity (Wildman–Crippen MR) is 91.3 cm³/mol. The summed E-state index contributed by atoms with van der Waals surface area (Å²) in [7, 11) is 0. The van der Waals surface area contributed by atoms with Crippen LogP contribution >= 0.6 is 11.6 Å². The molecule has 0 fully saturated rings. The molecular formula is C17H11ClF3N3O3. The molecule has 0 radical (unpaired) electrons. The van der Waals surface area contributed by atoms with Crippen LogP contribution < -0.4 is 10.1 Å². The number of amides is 1. The number of aromatic nitrogens is 2. The molecule has 140 valence electrons. The van der Waals surface area contributed by atoms with Crippen molar-refractivity contribution in [3.05, 3.63) is 65.4 Å². The van der Waals surface area contributed by atoms with E-state index < -0.39 is 23.7 Å². The number of hydrogen-bond donors (Lipinski definition) is 2. The van der Waals surface area contributed by atoms with Gasteiger partial charge in [0.25, 0.3) is 0 Å². The number of rotatable bonds is 3. The minimum Gasteiger partial charge on any atom is -0.508 e. The molecule has 0 aliphatic rings. The predicted octanol–water partition coefficient (Wildman–Crippen LogP) is 4.86. The van der Waals surface area contributed by atoms with Crippen LogP contribution in [0.15, 0.2) is 54.7 Å². The monoisotopic (exact) mass is 397 g/mol. The van der Waals surface area contributed by atoms with Crippen molar-refractivity contribution >= 4 is 23.4 Å². The van der Waals surface area contributed by atoms with E-state index in [1.165, 1.54) is 48.5 Å². The van der Waals surface area contributed by atoms with Crippen LogP contribution in [0.1, 0.15) is 5.69 Å². The van der Waals surface area contributed by atoms with Crippen molar-refractivity contribution in [3.8, 4) is 17.2 Å². The summed E-state index contributed by atoms with van der Waals surface area (Å²) in [4.78, 5) is 11.9. The number of hydrogen-bond acceptors (Lipinski definition) is 4. The average molecular weight is 398 g/mol. The zero-order chi connectivity index (χ0) is 19.6. The van der Waals surface area contributed by atoms with Gasteiger partial charge in [-0.1, -0.05) is 17.7 Å². The molecule has 1 heterocycles. The first-order chi connectivity index (χ1) is 12.7. The van der Waals surface area contributed by atoms with Crippen LogP contribution in [0.4, 0.5) is 23.7 Å². The number of halogens is 4. The van der Waals surface area contributed by atoms with Gasteiger partial charge >= 0.3 is 12.3 Å². The van der Waals surface area contributed by atoms with Crippen molar-refractivity contribution in [2.75, 3.05) is 5.32 Å². The molecule has 10 heteroatoms. The topological polar surface area (TPSA) is 76.4 Å². The standard InChI is InChI=1S/C17H11ClF3N3O3/c18-10-4-6-12(7-5-10)24-15(17(19,20)21)14(9-22-24)27-16(26)23-11-2-1-3-13(25)8-11/h1-9,25H,(H,23,26). The highest BCUT2D eigenvalue weighted by molar-refractivity contribution is 6.30. The Hall–Kier alpha value is -3.20. The third-order valence-electron chi connectivity index (χ3n) is 3.37. The molecule has 2 aromatic carbocycles. The van der Waals surface area contributed by atoms with Crippen LogP contribution in [0.5, 0.6) is 11.5 Å². The maximum absolute atomic E-state index is 13.5. The minimum atomic E-state index is -4.84. The summed E-state index contributed by atoms with van der Waals surface area (Å²) in [5.74, 6) is -0.894. The Balaban J connectivity index is 1.89. The first kappa shape index (κ1) is 18.6. The van der Waals surface area contributed by atoms with Crippen molar-refractivity contribution in [2.45, 2.75) is 6.18 Å². The molecule has 0 saturated carbocycles. The van der Waals surface area contributed by atoms with Gasteiger partial charge in [-0.3, -0.25) is 5.32 Å². The largest absolute Gasteiger partial charge is 0.508 e. The fourth-order valence-corrected chi connectivity index (χ4v) is 2.40. The van der Waals surface area contributed by atoms with Gasteiger partial charge in [-0.25, -0.2) is 9.48 Å². The molecule has 1 amide bonds. The van der Waals surface area contributed by atoms with Crippen LogP contribution in [0.25, 0.3) is 5.69 Å². The lowest BCUT2D eigenvalue weighted by atomic mass is 10.3. The summed E-state index contributed by atoms with van der Waals surface area (Å²) >= 11 is 5.74. The second kappa shape index (κ2) is 7.20. The quantitative estimate of drug-likeness (QED) is 0.661. The zero-order valence-corrected chi connectivity index (χ0v) is 14.1. The fourth-order valence-electron chi connectivity index (χ4n) is 2.27. The number of alkyl halides is 3. The van der Waals surface area contributed by atoms with Gasteiger partial charge in [0, 0.05) is 16.8 Å². The van der Waals surface area contributed by atoms with E-state index in [4.69, 9.17) is 16.3 Å². The Kier molecular flexibility index (Phi) is 4.95. The number of nitrogens with one attached hydrogen (secondary N) is 1. The van der Waals surface area contributed by atoms with Gasteiger partial charge < -0.3 is 9.84 Å². The molecule has 3 rings (SSSR count). The number of aromatic hydroxyl groups is 1. The SMILES string of the molecule is O=C(Nc1cccc(O)c1)Oc1cnn(-c2ccc(Cl)cc2)c1C(F)(F)F. The zero-order valence-electron chi connectivity index (χ0n) is 13.4. The number of carbonyl (C=O) groups excluding carboxylic acids is 1. The van der Waals surface area contributed by atoms with Crippen LogP contribution in [-0.4, -0.2) is 21.0 Å². The second-order valence-corrected chi connectivity index (χ2v) is 5.74. The second-order valence-electron chi connectivity index (χ2n) is 5.31. The maximum atomic E-state index is 13.5. The Morgan fingerprint density at radius 3 is 2.52 bits per heavy atom. The summed E-state index contributed by atoms with van der Waals surface area (Å²) in [6.07, 6.45) is -5.21. The van der Waals surface area contributed by atoms with E-state index in [1.54, 1.807) is 0 Å². The maximum Gasteiger partial charge on any atom is 0.437 e. The lowest BCUT2D eigenvalue weighted by Gasteiger charge is -2.13. The number of anilines is 1. The Labute approximate surface area is 155 Å². The van der Waals surface area contributed by atoms with Gasteiger partial charge in [0.05, 0.1) is 11.9 Å². The van der Waals surface area contributed by atoms with Crippen molar-refractivity contribution in [3.63, 3.8) is 0 Å². The highest BCUT2D eigenvalue weighted by Gasteiger charge is 2.40. The molecule has 27 heavy (non-hydrogen) atoms. The molecular weight excluding hydrogens is 387 g/mol. The summed E-state index contributed by atoms with van der Waals surface area (Å²) in [6, 6.07) is 11.0. The third kappa shape index (κ3) is 4.32. The van der Waals surface area contributed by atoms with Crippen molar-refractivity contribution in [2.24, 2.45) is 0 Å². The molecule has 6 nitrogen and oxygen atoms in total. The smallest absolute Gasteiger partial charge is 0.437 e. The molecule has 0 spiro atoms. The van der Waals surface area contributed by atoms with Gasteiger partial charge in [0.15, 0.2) is 11.4 Å². The Bertz CT molecular complexity index is 972. The molecule has 0 aliphatic heterocycles. The lowest BCUT2D eigenvalue weighted by molar-refractivity contribution is -0.143. The van der Waals surface area contributed by atoms with E-state index in [-0.39, 0.29) is 17.1 Å². The van der Waals surface area contributed by atoms with E-state index in [9.17, 15) is 23.1 Å². The average Bonchev–Trinajstić information content (AvgIpc) is 2.99. The number of benzene rings is 2. The molecule has 1 aromatic heterocycles. The Morgan fingerprint density at radius 1 is 1.19 bits per heavy atom. The summed E-state index contributed by atoms with van der Waals surface area (Å²) in [5, 5.41) is 15.6. The molecule has 0 aliphatic carbocycles. The molecule has 2 N–H and O–H groups in total. The Morgan fingerprint density at radius 2 is 1.89 bits per heavy atom. The van der Waals surface area contributed by atoms with Crippen molar-refractivity contribution in [1.82, 2.24) is 9.78 Å². The van der Waals surface area contributed by atoms with Gasteiger partial charge in [-0.2, -0.15) is 18.3 Å². The number of carbonyl (C=O) groups is 1. The molecule has 0 bridgehead atoms. The molecule has 0 saturated heterocycles. The number of phenolic OH excluding ortho intramolecular Hbond substituents is 1. The van der Waals surface area contributed by atoms with E-state index in [2.05, 4.69) is 10.4 Å². The third-order valence-corrected chi connectivity index (χ3v) is 3.62. The number of ether oxygens (including phenoxy) is 1. The normalized spacial score (nSPS) is 11.3. The van der Waals surface area contributed by atoms with E-state index in [0.717, 1.165) is 6.20 Å². The van der Waals surface area contributed by atoms with Gasteiger partial charge in [0.1, 0.15) is 5.75 Å². The molecule has 0 atom stereocenters. The summed E-state index contributed by atoms with van der Waals surface area (Å²) in [6.45, 7) is 0. The van der Waals surface area contributed by atoms with Crippen LogP contribution in [0.2, 0.25) is 5.02 Å². The van der Waals surface area contributed by atoms with Gasteiger partial charge in [0.2, 0.25) is 0 Å². The van der Waals surface area contributed by atoms with E-state index >= 15 is 0 Å². The first-order valence-electron chi connectivity index (χ1n) is 7.43. The van der Waals surface area contributed by atoms with Crippen LogP contribution in [-0.2, 0) is 6.18 Å². The van der Waals surface area contributed by atoms with Crippen molar-refractivity contribution < 1.29 is 27.8 Å². The van der Waals surface area contributed by atoms with Gasteiger partial charge in [-0.15, -0.1) is 0 Å². The van der Waals surface area contributed by atoms with E-state index in [1.807, 2.05) is 0 Å². The first-order valence-corrected chi connectivity index (χ1v) is 7.81. The lowest BCUT2D eigenvalue weighted by Crippen LogP contribution is -2.20. The molecule has 0 unspecified atom stereocenters. The van der Waals surface area contributed by atoms with E-state index in [0.29, 0.717) is 9.70 Å². The van der Waals surface area contributed by atoms with Gasteiger partial charge in [-0.05, 0) is 36.4 Å². The summed E-state index contributed by atoms with van der Waals surface area (Å²) in [5.41, 5.74) is -1.01.